The standard InChI is InChI=1S/C27H37N3O4S/c31-26(28-20-7-2-1-3-8-20)25(24-11-6-18-35-24)30(21-9-4-5-10-21)27(32)23-13-12-22(34-23)19-29-14-16-33-17-15-29/h6,11-13,18,20-21,25H,1-5,7-10,14-17,19H2,(H,28,31). The number of furan rings is 1. The van der Waals surface area contributed by atoms with Crippen molar-refractivity contribution in [3.8, 4) is 0 Å². The zero-order valence-corrected chi connectivity index (χ0v) is 21.3. The number of morpholine rings is 1. The summed E-state index contributed by atoms with van der Waals surface area (Å²) < 4.78 is 11.5. The molecule has 2 amide bonds. The lowest BCUT2D eigenvalue weighted by atomic mass is 9.95. The van der Waals surface area contributed by atoms with Crippen molar-refractivity contribution in [2.75, 3.05) is 26.3 Å². The van der Waals surface area contributed by atoms with E-state index in [0.717, 1.165) is 88.3 Å². The molecule has 2 saturated carbocycles. The van der Waals surface area contributed by atoms with Crippen LogP contribution in [-0.4, -0.2) is 60.0 Å². The van der Waals surface area contributed by atoms with Crippen molar-refractivity contribution in [3.63, 3.8) is 0 Å². The van der Waals surface area contributed by atoms with Crippen LogP contribution in [0.3, 0.4) is 0 Å². The van der Waals surface area contributed by atoms with Gasteiger partial charge in [0.1, 0.15) is 11.8 Å². The number of ether oxygens (including phenoxy) is 1. The molecule has 1 saturated heterocycles. The molecule has 3 fully saturated rings. The Morgan fingerprint density at radius 2 is 1.77 bits per heavy atom. The topological polar surface area (TPSA) is 75.0 Å². The van der Waals surface area contributed by atoms with E-state index in [0.29, 0.717) is 12.3 Å². The third kappa shape index (κ3) is 5.98. The minimum Gasteiger partial charge on any atom is -0.455 e. The summed E-state index contributed by atoms with van der Waals surface area (Å²) in [7, 11) is 0. The molecule has 0 radical (unpaired) electrons. The highest BCUT2D eigenvalue weighted by atomic mass is 32.1. The number of hydrogen-bond acceptors (Lipinski definition) is 6. The van der Waals surface area contributed by atoms with Crippen molar-refractivity contribution in [2.24, 2.45) is 0 Å². The first-order chi connectivity index (χ1) is 17.2. The number of amides is 2. The zero-order chi connectivity index (χ0) is 24.0. The van der Waals surface area contributed by atoms with Crippen LogP contribution < -0.4 is 5.32 Å². The molecule has 0 aromatic carbocycles. The van der Waals surface area contributed by atoms with Crippen LogP contribution in [0.4, 0.5) is 0 Å². The van der Waals surface area contributed by atoms with E-state index >= 15 is 0 Å². The molecule has 1 atom stereocenters. The maximum atomic E-state index is 14.0. The highest BCUT2D eigenvalue weighted by Crippen LogP contribution is 2.35. The van der Waals surface area contributed by atoms with Crippen molar-refractivity contribution in [1.29, 1.82) is 0 Å². The molecule has 1 N–H and O–H groups in total. The first-order valence-electron chi connectivity index (χ1n) is 13.2. The Labute approximate surface area is 211 Å². The molecule has 35 heavy (non-hydrogen) atoms. The maximum Gasteiger partial charge on any atom is 0.290 e. The van der Waals surface area contributed by atoms with E-state index in [4.69, 9.17) is 9.15 Å². The average Bonchev–Trinajstić information content (AvgIpc) is 3.67. The minimum atomic E-state index is -0.625. The molecule has 3 heterocycles. The summed E-state index contributed by atoms with van der Waals surface area (Å²) in [6.45, 7) is 3.83. The SMILES string of the molecule is O=C(NC1CCCCC1)C(c1cccs1)N(C(=O)c1ccc(CN2CCOCC2)o1)C1CCCC1. The molecule has 7 nitrogen and oxygen atoms in total. The predicted octanol–water partition coefficient (Wildman–Crippen LogP) is 4.75. The highest BCUT2D eigenvalue weighted by molar-refractivity contribution is 7.10. The third-order valence-corrected chi connectivity index (χ3v) is 8.52. The lowest BCUT2D eigenvalue weighted by molar-refractivity contribution is -0.127. The predicted molar refractivity (Wildman–Crippen MR) is 135 cm³/mol. The Kier molecular flexibility index (Phi) is 8.21. The number of rotatable bonds is 8. The van der Waals surface area contributed by atoms with Gasteiger partial charge in [0.15, 0.2) is 5.76 Å². The summed E-state index contributed by atoms with van der Waals surface area (Å²) in [5.41, 5.74) is 0. The summed E-state index contributed by atoms with van der Waals surface area (Å²) in [5, 5.41) is 5.29. The number of nitrogens with one attached hydrogen (secondary N) is 1. The Bertz CT molecular complexity index is 957. The maximum absolute atomic E-state index is 14.0. The van der Waals surface area contributed by atoms with Crippen LogP contribution in [0.1, 0.15) is 85.0 Å². The van der Waals surface area contributed by atoms with E-state index in [1.54, 1.807) is 17.4 Å². The van der Waals surface area contributed by atoms with E-state index in [2.05, 4.69) is 10.2 Å². The van der Waals surface area contributed by atoms with Crippen molar-refractivity contribution in [2.45, 2.75) is 82.5 Å². The first-order valence-corrected chi connectivity index (χ1v) is 14.1. The molecule has 0 spiro atoms. The highest BCUT2D eigenvalue weighted by Gasteiger charge is 2.40. The fourth-order valence-electron chi connectivity index (χ4n) is 5.73. The summed E-state index contributed by atoms with van der Waals surface area (Å²) in [6, 6.07) is 7.24. The number of hydrogen-bond donors (Lipinski definition) is 1. The van der Waals surface area contributed by atoms with E-state index in [1.165, 1.54) is 6.42 Å². The van der Waals surface area contributed by atoms with Gasteiger partial charge in [-0.15, -0.1) is 11.3 Å². The van der Waals surface area contributed by atoms with Gasteiger partial charge in [-0.05, 0) is 49.3 Å². The largest absolute Gasteiger partial charge is 0.455 e. The molecule has 190 valence electrons. The summed E-state index contributed by atoms with van der Waals surface area (Å²) in [5.74, 6) is 0.871. The third-order valence-electron chi connectivity index (χ3n) is 7.60. The molecular weight excluding hydrogens is 462 g/mol. The Morgan fingerprint density at radius 1 is 1.03 bits per heavy atom. The van der Waals surface area contributed by atoms with Gasteiger partial charge in [-0.1, -0.05) is 38.2 Å². The number of thiophene rings is 1. The van der Waals surface area contributed by atoms with Gasteiger partial charge in [0.05, 0.1) is 19.8 Å². The molecule has 1 aliphatic heterocycles. The Balaban J connectivity index is 1.39. The van der Waals surface area contributed by atoms with E-state index in [9.17, 15) is 9.59 Å². The fourth-order valence-corrected chi connectivity index (χ4v) is 6.55. The summed E-state index contributed by atoms with van der Waals surface area (Å²) in [4.78, 5) is 32.8. The van der Waals surface area contributed by atoms with Crippen LogP contribution in [0.15, 0.2) is 34.1 Å². The fraction of sp³-hybridized carbons (Fsp3) is 0.630. The molecule has 2 aromatic heterocycles. The quantitative estimate of drug-likeness (QED) is 0.567. The Morgan fingerprint density at radius 3 is 2.49 bits per heavy atom. The molecule has 8 heteroatoms. The average molecular weight is 500 g/mol. The second kappa shape index (κ2) is 11.7. The van der Waals surface area contributed by atoms with Crippen LogP contribution in [-0.2, 0) is 16.1 Å². The lowest BCUT2D eigenvalue weighted by Gasteiger charge is -2.36. The molecule has 0 bridgehead atoms. The Hall–Kier alpha value is -2.16. The van der Waals surface area contributed by atoms with Gasteiger partial charge >= 0.3 is 0 Å². The van der Waals surface area contributed by atoms with Crippen LogP contribution in [0.2, 0.25) is 0 Å². The van der Waals surface area contributed by atoms with Crippen LogP contribution in [0, 0.1) is 0 Å². The van der Waals surface area contributed by atoms with E-state index in [1.807, 2.05) is 28.5 Å². The summed E-state index contributed by atoms with van der Waals surface area (Å²) >= 11 is 1.55. The van der Waals surface area contributed by atoms with Gasteiger partial charge in [-0.25, -0.2) is 0 Å². The van der Waals surface area contributed by atoms with Crippen molar-refractivity contribution < 1.29 is 18.7 Å². The van der Waals surface area contributed by atoms with Crippen LogP contribution in [0.5, 0.6) is 0 Å². The summed E-state index contributed by atoms with van der Waals surface area (Å²) in [6.07, 6.45) is 9.58. The van der Waals surface area contributed by atoms with Gasteiger partial charge in [0, 0.05) is 30.1 Å². The molecular formula is C27H37N3O4S. The lowest BCUT2D eigenvalue weighted by Crippen LogP contribution is -2.50. The van der Waals surface area contributed by atoms with Crippen molar-refractivity contribution in [1.82, 2.24) is 15.1 Å². The monoisotopic (exact) mass is 499 g/mol. The van der Waals surface area contributed by atoms with Crippen molar-refractivity contribution in [3.05, 3.63) is 46.0 Å². The van der Waals surface area contributed by atoms with Gasteiger partial charge in [-0.2, -0.15) is 0 Å². The smallest absolute Gasteiger partial charge is 0.290 e. The van der Waals surface area contributed by atoms with Gasteiger partial charge in [0.2, 0.25) is 5.91 Å². The van der Waals surface area contributed by atoms with E-state index in [-0.39, 0.29) is 23.9 Å². The van der Waals surface area contributed by atoms with Gasteiger partial charge in [-0.3, -0.25) is 14.5 Å². The second-order valence-electron chi connectivity index (χ2n) is 10.1. The molecule has 3 aliphatic rings. The van der Waals surface area contributed by atoms with Crippen LogP contribution in [0.25, 0.3) is 0 Å². The number of carbonyl (C=O) groups excluding carboxylic acids is 2. The van der Waals surface area contributed by atoms with E-state index < -0.39 is 6.04 Å². The zero-order valence-electron chi connectivity index (χ0n) is 20.5. The minimum absolute atomic E-state index is 0.0412. The van der Waals surface area contributed by atoms with Gasteiger partial charge in [0.25, 0.3) is 5.91 Å². The number of carbonyl (C=O) groups is 2. The second-order valence-corrected chi connectivity index (χ2v) is 11.0. The normalized spacial score (nSPS) is 21.1. The number of nitrogens with zero attached hydrogens (tertiary/aromatic N) is 2. The molecule has 2 aliphatic carbocycles. The first kappa shape index (κ1) is 24.5. The molecule has 2 aromatic rings. The van der Waals surface area contributed by atoms with Crippen molar-refractivity contribution >= 4 is 23.2 Å². The molecule has 1 unspecified atom stereocenters. The van der Waals surface area contributed by atoms with Crippen LogP contribution >= 0.6 is 11.3 Å². The van der Waals surface area contributed by atoms with Gasteiger partial charge < -0.3 is 19.4 Å². The molecule has 5 rings (SSSR count).